The van der Waals surface area contributed by atoms with Crippen molar-refractivity contribution in [3.63, 3.8) is 0 Å². The zero-order chi connectivity index (χ0) is 16.6. The summed E-state index contributed by atoms with van der Waals surface area (Å²) in [6, 6.07) is 4.30. The van der Waals surface area contributed by atoms with Crippen LogP contribution in [-0.2, 0) is 9.59 Å². The maximum Gasteiger partial charge on any atom is 0.277 e. The van der Waals surface area contributed by atoms with Gasteiger partial charge in [0.15, 0.2) is 0 Å². The van der Waals surface area contributed by atoms with Gasteiger partial charge < -0.3 is 15.4 Å². The Bertz CT molecular complexity index is 903. The average molecular weight is 317 g/mol. The fraction of sp³-hybridized carbons (Fsp3) is 0.133. The van der Waals surface area contributed by atoms with E-state index in [4.69, 9.17) is 5.11 Å². The number of nitrogens with zero attached hydrogens (tertiary/aromatic N) is 1. The lowest BCUT2D eigenvalue weighted by molar-refractivity contribution is -0.137. The van der Waals surface area contributed by atoms with Crippen molar-refractivity contribution in [3.8, 4) is 0 Å². The molecule has 2 heterocycles. The SMILES string of the molecule is O=C1C=C(Nc2ccc3c(F)c[nH]c(=O)c3c2)C(=O)N1CCO. The molecule has 0 saturated heterocycles. The van der Waals surface area contributed by atoms with E-state index in [2.05, 4.69) is 10.3 Å². The number of amides is 2. The Labute approximate surface area is 129 Å². The summed E-state index contributed by atoms with van der Waals surface area (Å²) in [6.45, 7) is -0.425. The summed E-state index contributed by atoms with van der Waals surface area (Å²) >= 11 is 0. The van der Waals surface area contributed by atoms with Gasteiger partial charge in [-0.05, 0) is 18.2 Å². The number of β-amino-alcohol motifs (C(OH)–C–C–N with tert-alkyl or cyclic N) is 1. The number of hydrogen-bond acceptors (Lipinski definition) is 5. The van der Waals surface area contributed by atoms with Gasteiger partial charge in [-0.2, -0.15) is 0 Å². The predicted octanol–water partition coefficient (Wildman–Crippen LogP) is 0.324. The van der Waals surface area contributed by atoms with Crippen LogP contribution in [0.4, 0.5) is 10.1 Å². The topological polar surface area (TPSA) is 102 Å². The number of fused-ring (bicyclic) bond motifs is 1. The van der Waals surface area contributed by atoms with Crippen LogP contribution in [0.2, 0.25) is 0 Å². The highest BCUT2D eigenvalue weighted by molar-refractivity contribution is 6.17. The first kappa shape index (κ1) is 14.9. The van der Waals surface area contributed by atoms with Gasteiger partial charge in [-0.3, -0.25) is 19.3 Å². The highest BCUT2D eigenvalue weighted by atomic mass is 19.1. The molecule has 0 aliphatic carbocycles. The van der Waals surface area contributed by atoms with Crippen molar-refractivity contribution in [3.05, 3.63) is 52.3 Å². The van der Waals surface area contributed by atoms with Crippen molar-refractivity contribution in [2.75, 3.05) is 18.5 Å². The minimum atomic E-state index is -0.572. The second-order valence-corrected chi connectivity index (χ2v) is 4.93. The molecule has 2 amide bonds. The molecular weight excluding hydrogens is 305 g/mol. The van der Waals surface area contributed by atoms with Gasteiger partial charge in [-0.15, -0.1) is 0 Å². The van der Waals surface area contributed by atoms with E-state index in [1.165, 1.54) is 18.2 Å². The highest BCUT2D eigenvalue weighted by Gasteiger charge is 2.30. The lowest BCUT2D eigenvalue weighted by atomic mass is 10.1. The van der Waals surface area contributed by atoms with Gasteiger partial charge in [-0.1, -0.05) is 0 Å². The van der Waals surface area contributed by atoms with Crippen molar-refractivity contribution in [1.29, 1.82) is 0 Å². The molecule has 0 bridgehead atoms. The van der Waals surface area contributed by atoms with Crippen molar-refractivity contribution in [2.24, 2.45) is 0 Å². The number of aromatic nitrogens is 1. The number of aliphatic hydroxyl groups excluding tert-OH is 1. The number of pyridine rings is 1. The maximum absolute atomic E-state index is 13.6. The lowest BCUT2D eigenvalue weighted by Gasteiger charge is -2.13. The van der Waals surface area contributed by atoms with Crippen LogP contribution in [0.1, 0.15) is 0 Å². The normalized spacial score (nSPS) is 14.5. The van der Waals surface area contributed by atoms with Gasteiger partial charge in [0.1, 0.15) is 11.5 Å². The van der Waals surface area contributed by atoms with Crippen molar-refractivity contribution in [1.82, 2.24) is 9.88 Å². The number of halogens is 1. The predicted molar refractivity (Wildman–Crippen MR) is 80.0 cm³/mol. The number of hydrogen-bond donors (Lipinski definition) is 3. The van der Waals surface area contributed by atoms with Gasteiger partial charge in [0, 0.05) is 23.3 Å². The van der Waals surface area contributed by atoms with Crippen molar-refractivity contribution >= 4 is 28.3 Å². The van der Waals surface area contributed by atoms with Crippen LogP contribution in [0.5, 0.6) is 0 Å². The number of carbonyl (C=O) groups is 2. The molecule has 2 aromatic rings. The summed E-state index contributed by atoms with van der Waals surface area (Å²) in [6.07, 6.45) is 2.09. The van der Waals surface area contributed by atoms with E-state index in [9.17, 15) is 18.8 Å². The minimum absolute atomic E-state index is 0.0237. The van der Waals surface area contributed by atoms with Gasteiger partial charge >= 0.3 is 0 Å². The summed E-state index contributed by atoms with van der Waals surface area (Å²) in [5.74, 6) is -1.67. The highest BCUT2D eigenvalue weighted by Crippen LogP contribution is 2.21. The molecule has 0 fully saturated rings. The Balaban J connectivity index is 1.92. The van der Waals surface area contributed by atoms with Crippen molar-refractivity contribution in [2.45, 2.75) is 0 Å². The molecule has 0 atom stereocenters. The van der Waals surface area contributed by atoms with Gasteiger partial charge in [0.25, 0.3) is 17.4 Å². The summed E-state index contributed by atoms with van der Waals surface area (Å²) in [5, 5.41) is 11.9. The zero-order valence-electron chi connectivity index (χ0n) is 11.8. The zero-order valence-corrected chi connectivity index (χ0v) is 11.8. The quantitative estimate of drug-likeness (QED) is 0.705. The van der Waals surface area contributed by atoms with E-state index >= 15 is 0 Å². The molecule has 1 aliphatic heterocycles. The first-order chi connectivity index (χ1) is 11.0. The van der Waals surface area contributed by atoms with Crippen LogP contribution >= 0.6 is 0 Å². The summed E-state index contributed by atoms with van der Waals surface area (Å²) in [5.41, 5.74) is -0.0720. The Morgan fingerprint density at radius 2 is 2.00 bits per heavy atom. The Morgan fingerprint density at radius 1 is 1.22 bits per heavy atom. The van der Waals surface area contributed by atoms with Crippen molar-refractivity contribution < 1.29 is 19.1 Å². The lowest BCUT2D eigenvalue weighted by Crippen LogP contribution is -2.34. The molecule has 23 heavy (non-hydrogen) atoms. The maximum atomic E-state index is 13.6. The molecule has 1 aromatic heterocycles. The first-order valence-corrected chi connectivity index (χ1v) is 6.77. The largest absolute Gasteiger partial charge is 0.395 e. The van der Waals surface area contributed by atoms with Crippen LogP contribution in [0.3, 0.4) is 0 Å². The van der Waals surface area contributed by atoms with Crippen LogP contribution in [0.25, 0.3) is 10.8 Å². The third-order valence-corrected chi connectivity index (χ3v) is 3.46. The standard InChI is InChI=1S/C15H12FN3O4/c16-11-7-17-14(22)10-5-8(1-2-9(10)11)18-12-6-13(21)19(3-4-20)15(12)23/h1-2,5-7,18,20H,3-4H2,(H,17,22). The number of benzene rings is 1. The molecule has 8 heteroatoms. The molecular formula is C15H12FN3O4. The molecule has 0 unspecified atom stereocenters. The molecule has 1 aromatic carbocycles. The molecule has 1 aliphatic rings. The summed E-state index contributed by atoms with van der Waals surface area (Å²) in [7, 11) is 0. The number of carbonyl (C=O) groups excluding carboxylic acids is 2. The number of rotatable bonds is 4. The molecule has 0 saturated carbocycles. The number of imide groups is 1. The summed E-state index contributed by atoms with van der Waals surface area (Å²) in [4.78, 5) is 38.6. The van der Waals surface area contributed by atoms with Crippen LogP contribution < -0.4 is 10.9 Å². The first-order valence-electron chi connectivity index (χ1n) is 6.77. The number of aliphatic hydroxyl groups is 1. The van der Waals surface area contributed by atoms with Gasteiger partial charge in [0.2, 0.25) is 0 Å². The molecule has 0 radical (unpaired) electrons. The minimum Gasteiger partial charge on any atom is -0.395 e. The van der Waals surface area contributed by atoms with Crippen LogP contribution in [0.15, 0.2) is 41.0 Å². The van der Waals surface area contributed by atoms with E-state index in [-0.39, 0.29) is 29.6 Å². The van der Waals surface area contributed by atoms with E-state index in [0.29, 0.717) is 5.69 Å². The molecule has 7 nitrogen and oxygen atoms in total. The second kappa shape index (κ2) is 5.65. The van der Waals surface area contributed by atoms with E-state index in [1.807, 2.05) is 0 Å². The fourth-order valence-electron chi connectivity index (χ4n) is 2.37. The Morgan fingerprint density at radius 3 is 2.74 bits per heavy atom. The fourth-order valence-corrected chi connectivity index (χ4v) is 2.37. The third kappa shape index (κ3) is 2.59. The van der Waals surface area contributed by atoms with Crippen LogP contribution in [-0.4, -0.2) is 40.0 Å². The van der Waals surface area contributed by atoms with Gasteiger partial charge in [0.05, 0.1) is 18.5 Å². The van der Waals surface area contributed by atoms with Crippen LogP contribution in [0, 0.1) is 5.82 Å². The number of anilines is 1. The van der Waals surface area contributed by atoms with E-state index < -0.39 is 23.2 Å². The molecule has 3 rings (SSSR count). The summed E-state index contributed by atoms with van der Waals surface area (Å²) < 4.78 is 13.6. The number of nitrogens with one attached hydrogen (secondary N) is 2. The molecule has 3 N–H and O–H groups in total. The number of H-pyrrole nitrogens is 1. The number of aromatic amines is 1. The average Bonchev–Trinajstić information content (AvgIpc) is 2.79. The molecule has 118 valence electrons. The second-order valence-electron chi connectivity index (χ2n) is 4.93. The third-order valence-electron chi connectivity index (χ3n) is 3.46. The Hall–Kier alpha value is -3.00. The van der Waals surface area contributed by atoms with Gasteiger partial charge in [-0.25, -0.2) is 4.39 Å². The molecule has 0 spiro atoms. The monoisotopic (exact) mass is 317 g/mol. The smallest absolute Gasteiger partial charge is 0.277 e. The Kier molecular flexibility index (Phi) is 3.67. The van der Waals surface area contributed by atoms with E-state index in [1.54, 1.807) is 0 Å². The van der Waals surface area contributed by atoms with E-state index in [0.717, 1.165) is 17.2 Å².